The molecule has 0 spiro atoms. The molecule has 2 aromatic heterocycles. The quantitative estimate of drug-likeness (QED) is 0.737. The lowest BCUT2D eigenvalue weighted by Crippen LogP contribution is -2.49. The van der Waals surface area contributed by atoms with Gasteiger partial charge in [0.05, 0.1) is 11.3 Å². The zero-order valence-corrected chi connectivity index (χ0v) is 11.4. The number of halogens is 2. The van der Waals surface area contributed by atoms with E-state index in [2.05, 4.69) is 4.98 Å². The lowest BCUT2D eigenvalue weighted by Gasteiger charge is -2.30. The van der Waals surface area contributed by atoms with Crippen molar-refractivity contribution in [2.75, 3.05) is 0 Å². The predicted octanol–water partition coefficient (Wildman–Crippen LogP) is 2.84. The fraction of sp³-hybridized carbons (Fsp3) is 0.0667. The van der Waals surface area contributed by atoms with Crippen LogP contribution in [0.2, 0.25) is 0 Å². The van der Waals surface area contributed by atoms with E-state index in [4.69, 9.17) is 0 Å². The normalized spacial score (nSPS) is 18.5. The Hall–Kier alpha value is -2.50. The van der Waals surface area contributed by atoms with E-state index in [1.165, 1.54) is 12.4 Å². The Morgan fingerprint density at radius 3 is 2.90 bits per heavy atom. The third kappa shape index (κ3) is 1.53. The van der Waals surface area contributed by atoms with Gasteiger partial charge in [-0.05, 0) is 36.9 Å². The van der Waals surface area contributed by atoms with Gasteiger partial charge in [-0.1, -0.05) is 6.07 Å². The van der Waals surface area contributed by atoms with Gasteiger partial charge >= 0.3 is 6.97 Å². The van der Waals surface area contributed by atoms with E-state index in [-0.39, 0.29) is 0 Å². The smallest absolute Gasteiger partial charge is 0.396 e. The monoisotopic (exact) mass is 283 g/mol. The van der Waals surface area contributed by atoms with E-state index >= 15 is 0 Å². The summed E-state index contributed by atoms with van der Waals surface area (Å²) in [7, 11) is 0. The first kappa shape index (κ1) is 12.3. The molecule has 0 saturated carbocycles. The highest BCUT2D eigenvalue weighted by molar-refractivity contribution is 6.57. The SMILES string of the molecule is Cc1cccnc1C1=C2C=CC=[N+]2[B-](F)(F)n2cccc21. The number of nitrogens with zero attached hydrogens (tertiary/aromatic N) is 3. The van der Waals surface area contributed by atoms with E-state index in [9.17, 15) is 8.63 Å². The minimum Gasteiger partial charge on any atom is -0.396 e. The van der Waals surface area contributed by atoms with Crippen molar-refractivity contribution in [2.24, 2.45) is 0 Å². The lowest BCUT2D eigenvalue weighted by molar-refractivity contribution is -0.356. The van der Waals surface area contributed by atoms with Crippen molar-refractivity contribution in [3.05, 3.63) is 71.5 Å². The van der Waals surface area contributed by atoms with Crippen LogP contribution in [0.1, 0.15) is 17.0 Å². The third-order valence-electron chi connectivity index (χ3n) is 3.99. The van der Waals surface area contributed by atoms with Crippen molar-refractivity contribution in [1.82, 2.24) is 9.46 Å². The van der Waals surface area contributed by atoms with E-state index in [0.717, 1.165) is 25.8 Å². The molecule has 0 atom stereocenters. The molecule has 104 valence electrons. The highest BCUT2D eigenvalue weighted by atomic mass is 19.2. The van der Waals surface area contributed by atoms with Crippen LogP contribution in [0, 0.1) is 6.92 Å². The van der Waals surface area contributed by atoms with Crippen LogP contribution in [-0.4, -0.2) is 27.1 Å². The molecule has 0 bridgehead atoms. The maximum absolute atomic E-state index is 14.6. The molecule has 0 N–H and O–H groups in total. The Morgan fingerprint density at radius 2 is 2.10 bits per heavy atom. The molecule has 0 amide bonds. The molecule has 4 heterocycles. The number of allylic oxidation sites excluding steroid dienone is 2. The van der Waals surface area contributed by atoms with E-state index < -0.39 is 6.97 Å². The lowest BCUT2D eigenvalue weighted by atomic mass is 9.87. The number of rotatable bonds is 1. The van der Waals surface area contributed by atoms with E-state index in [1.54, 1.807) is 30.5 Å². The van der Waals surface area contributed by atoms with Crippen LogP contribution in [0.5, 0.6) is 0 Å². The van der Waals surface area contributed by atoms with Gasteiger partial charge in [0.25, 0.3) is 0 Å². The van der Waals surface area contributed by atoms with Crippen LogP contribution in [0.15, 0.2) is 54.5 Å². The molecular formula is C15H12BF2N3. The molecule has 0 fully saturated rings. The van der Waals surface area contributed by atoms with Gasteiger partial charge in [-0.2, -0.15) is 0 Å². The second kappa shape index (κ2) is 4.01. The standard InChI is InChI=1S/C15H12BF2N3/c1-11-5-2-8-19-15(11)14-12-6-3-9-20(12)16(17,18)21-10-4-7-13(14)21/h2-10H,1H3. The van der Waals surface area contributed by atoms with Crippen molar-refractivity contribution in [2.45, 2.75) is 6.92 Å². The largest absolute Gasteiger partial charge is 0.737 e. The van der Waals surface area contributed by atoms with Crippen LogP contribution in [0.25, 0.3) is 5.57 Å². The van der Waals surface area contributed by atoms with Crippen LogP contribution < -0.4 is 0 Å². The Labute approximate surface area is 120 Å². The number of hydrogen-bond donors (Lipinski definition) is 0. The molecule has 2 aliphatic heterocycles. The Kier molecular flexibility index (Phi) is 2.34. The highest BCUT2D eigenvalue weighted by Crippen LogP contribution is 2.38. The topological polar surface area (TPSA) is 20.8 Å². The summed E-state index contributed by atoms with van der Waals surface area (Å²) in [6, 6.07) is 7.15. The Bertz CT molecular complexity index is 846. The highest BCUT2D eigenvalue weighted by Gasteiger charge is 2.51. The molecule has 2 aromatic rings. The van der Waals surface area contributed by atoms with Crippen LogP contribution >= 0.6 is 0 Å². The number of aromatic nitrogens is 2. The maximum Gasteiger partial charge on any atom is 0.737 e. The Balaban J connectivity index is 2.09. The first-order valence-corrected chi connectivity index (χ1v) is 6.76. The molecule has 2 aliphatic rings. The predicted molar refractivity (Wildman–Crippen MR) is 78.3 cm³/mol. The minimum atomic E-state index is -3.84. The summed E-state index contributed by atoms with van der Waals surface area (Å²) in [4.78, 5) is 4.40. The van der Waals surface area contributed by atoms with Crippen molar-refractivity contribution < 1.29 is 13.1 Å². The van der Waals surface area contributed by atoms with Crippen molar-refractivity contribution in [1.29, 1.82) is 0 Å². The summed E-state index contributed by atoms with van der Waals surface area (Å²) in [5, 5.41) is 0. The zero-order valence-electron chi connectivity index (χ0n) is 11.4. The molecule has 0 aromatic carbocycles. The second-order valence-electron chi connectivity index (χ2n) is 5.23. The first-order chi connectivity index (χ1) is 10.1. The van der Waals surface area contributed by atoms with Crippen LogP contribution in [0.4, 0.5) is 8.63 Å². The summed E-state index contributed by atoms with van der Waals surface area (Å²) < 4.78 is 31.3. The van der Waals surface area contributed by atoms with Gasteiger partial charge in [0.2, 0.25) is 0 Å². The van der Waals surface area contributed by atoms with Gasteiger partial charge < -0.3 is 17.6 Å². The van der Waals surface area contributed by atoms with Gasteiger partial charge in [0.1, 0.15) is 6.21 Å². The number of aryl methyl sites for hydroxylation is 1. The Morgan fingerprint density at radius 1 is 1.24 bits per heavy atom. The first-order valence-electron chi connectivity index (χ1n) is 6.76. The molecule has 0 radical (unpaired) electrons. The van der Waals surface area contributed by atoms with Gasteiger partial charge in [-0.15, -0.1) is 0 Å². The fourth-order valence-electron chi connectivity index (χ4n) is 3.01. The van der Waals surface area contributed by atoms with Crippen molar-refractivity contribution >= 4 is 18.8 Å². The fourth-order valence-corrected chi connectivity index (χ4v) is 3.01. The molecular weight excluding hydrogens is 271 g/mol. The van der Waals surface area contributed by atoms with Crippen molar-refractivity contribution in [3.8, 4) is 0 Å². The minimum absolute atomic E-state index is 0.507. The molecule has 4 rings (SSSR count). The summed E-state index contributed by atoms with van der Waals surface area (Å²) in [5.41, 5.74) is 3.46. The molecule has 6 heteroatoms. The molecule has 3 nitrogen and oxygen atoms in total. The molecule has 21 heavy (non-hydrogen) atoms. The average molecular weight is 283 g/mol. The summed E-state index contributed by atoms with van der Waals surface area (Å²) in [6.07, 6.45) is 7.91. The van der Waals surface area contributed by atoms with E-state index in [1.807, 2.05) is 19.1 Å². The number of fused-ring (bicyclic) bond motifs is 2. The molecule has 0 unspecified atom stereocenters. The second-order valence-corrected chi connectivity index (χ2v) is 5.23. The summed E-state index contributed by atoms with van der Waals surface area (Å²) >= 11 is 0. The number of pyridine rings is 1. The third-order valence-corrected chi connectivity index (χ3v) is 3.99. The van der Waals surface area contributed by atoms with Crippen molar-refractivity contribution in [3.63, 3.8) is 0 Å². The number of hydrogen-bond acceptors (Lipinski definition) is 1. The molecule has 0 saturated heterocycles. The van der Waals surface area contributed by atoms with Gasteiger partial charge in [0, 0.05) is 24.0 Å². The average Bonchev–Trinajstić information content (AvgIpc) is 3.10. The van der Waals surface area contributed by atoms with E-state index in [0.29, 0.717) is 11.4 Å². The zero-order chi connectivity index (χ0) is 14.6. The summed E-state index contributed by atoms with van der Waals surface area (Å²) in [5.74, 6) is 0. The van der Waals surface area contributed by atoms with Gasteiger partial charge in [0.15, 0.2) is 5.70 Å². The molecule has 0 aliphatic carbocycles. The van der Waals surface area contributed by atoms with Gasteiger partial charge in [-0.25, -0.2) is 0 Å². The van der Waals surface area contributed by atoms with Crippen LogP contribution in [0.3, 0.4) is 0 Å². The van der Waals surface area contributed by atoms with Gasteiger partial charge in [-0.3, -0.25) is 4.98 Å². The van der Waals surface area contributed by atoms with Crippen LogP contribution in [-0.2, 0) is 0 Å². The maximum atomic E-state index is 14.6. The summed E-state index contributed by atoms with van der Waals surface area (Å²) in [6.45, 7) is -1.90.